The van der Waals surface area contributed by atoms with Crippen molar-refractivity contribution in [1.29, 1.82) is 0 Å². The number of carbonyl (C=O) groups excluding carboxylic acids is 1. The molecule has 19 heavy (non-hydrogen) atoms. The summed E-state index contributed by atoms with van der Waals surface area (Å²) < 4.78 is 4.74. The topological polar surface area (TPSA) is 41.6 Å². The standard InChI is InChI=1S/C14H19ClN2O2/c1-10-8-16-5-6-17(10)9-12-7-11(14(18)19-2)3-4-13(12)15/h3-4,7,10,16H,5-6,8-9H2,1-2H3/t10-/m0/s1. The van der Waals surface area contributed by atoms with Gasteiger partial charge < -0.3 is 10.1 Å². The lowest BCUT2D eigenvalue weighted by molar-refractivity contribution is 0.0600. The van der Waals surface area contributed by atoms with E-state index in [-0.39, 0.29) is 5.97 Å². The summed E-state index contributed by atoms with van der Waals surface area (Å²) in [6.07, 6.45) is 0. The van der Waals surface area contributed by atoms with Gasteiger partial charge in [-0.25, -0.2) is 4.79 Å². The third-order valence-electron chi connectivity index (χ3n) is 3.48. The van der Waals surface area contributed by atoms with Crippen LogP contribution in [0.2, 0.25) is 5.02 Å². The number of nitrogens with one attached hydrogen (secondary N) is 1. The zero-order valence-corrected chi connectivity index (χ0v) is 12.0. The molecule has 1 aromatic carbocycles. The maximum Gasteiger partial charge on any atom is 0.337 e. The first-order valence-corrected chi connectivity index (χ1v) is 6.81. The number of halogens is 1. The van der Waals surface area contributed by atoms with Gasteiger partial charge in [0, 0.05) is 37.2 Å². The maximum atomic E-state index is 11.5. The van der Waals surface area contributed by atoms with Gasteiger partial charge in [-0.2, -0.15) is 0 Å². The molecule has 0 aliphatic carbocycles. The molecule has 0 saturated carbocycles. The van der Waals surface area contributed by atoms with E-state index in [1.54, 1.807) is 12.1 Å². The second-order valence-corrected chi connectivity index (χ2v) is 5.23. The third-order valence-corrected chi connectivity index (χ3v) is 3.85. The Balaban J connectivity index is 2.16. The minimum absolute atomic E-state index is 0.328. The van der Waals surface area contributed by atoms with Crippen molar-refractivity contribution in [3.8, 4) is 0 Å². The number of methoxy groups -OCH3 is 1. The van der Waals surface area contributed by atoms with Crippen LogP contribution in [0.1, 0.15) is 22.8 Å². The summed E-state index contributed by atoms with van der Waals surface area (Å²) in [6.45, 7) is 5.89. The van der Waals surface area contributed by atoms with E-state index in [0.29, 0.717) is 16.6 Å². The van der Waals surface area contributed by atoms with Crippen LogP contribution in [0.5, 0.6) is 0 Å². The number of esters is 1. The lowest BCUT2D eigenvalue weighted by atomic mass is 10.1. The molecular weight excluding hydrogens is 264 g/mol. The van der Waals surface area contributed by atoms with Crippen LogP contribution in [0.3, 0.4) is 0 Å². The van der Waals surface area contributed by atoms with E-state index >= 15 is 0 Å². The third kappa shape index (κ3) is 3.47. The zero-order chi connectivity index (χ0) is 13.8. The Labute approximate surface area is 118 Å². The number of ether oxygens (including phenoxy) is 1. The number of nitrogens with zero attached hydrogens (tertiary/aromatic N) is 1. The quantitative estimate of drug-likeness (QED) is 0.860. The molecule has 0 aromatic heterocycles. The predicted octanol–water partition coefficient (Wildman–Crippen LogP) is 1.92. The maximum absolute atomic E-state index is 11.5. The fourth-order valence-electron chi connectivity index (χ4n) is 2.28. The van der Waals surface area contributed by atoms with Gasteiger partial charge in [0.2, 0.25) is 0 Å². The molecule has 1 N–H and O–H groups in total. The monoisotopic (exact) mass is 282 g/mol. The van der Waals surface area contributed by atoms with E-state index in [0.717, 1.165) is 31.7 Å². The summed E-state index contributed by atoms with van der Waals surface area (Å²) in [5, 5.41) is 4.05. The van der Waals surface area contributed by atoms with Crippen molar-refractivity contribution < 1.29 is 9.53 Å². The van der Waals surface area contributed by atoms with E-state index < -0.39 is 0 Å². The average Bonchev–Trinajstić information content (AvgIpc) is 2.42. The van der Waals surface area contributed by atoms with E-state index in [1.165, 1.54) is 7.11 Å². The highest BCUT2D eigenvalue weighted by molar-refractivity contribution is 6.31. The number of hydrogen-bond acceptors (Lipinski definition) is 4. The Hall–Kier alpha value is -1.10. The Bertz CT molecular complexity index is 465. The van der Waals surface area contributed by atoms with Gasteiger partial charge in [0.25, 0.3) is 0 Å². The first kappa shape index (κ1) is 14.3. The number of hydrogen-bond donors (Lipinski definition) is 1. The number of piperazine rings is 1. The van der Waals surface area contributed by atoms with Crippen LogP contribution in [0.4, 0.5) is 0 Å². The van der Waals surface area contributed by atoms with Crippen molar-refractivity contribution in [3.63, 3.8) is 0 Å². The fraction of sp³-hybridized carbons (Fsp3) is 0.500. The first-order chi connectivity index (χ1) is 9.11. The van der Waals surface area contributed by atoms with Crippen LogP contribution in [0.25, 0.3) is 0 Å². The molecule has 1 aromatic rings. The van der Waals surface area contributed by atoms with E-state index in [9.17, 15) is 4.79 Å². The molecule has 1 aliphatic rings. The number of benzene rings is 1. The van der Waals surface area contributed by atoms with Gasteiger partial charge in [-0.1, -0.05) is 11.6 Å². The Morgan fingerprint density at radius 3 is 3.05 bits per heavy atom. The van der Waals surface area contributed by atoms with Crippen molar-refractivity contribution in [2.75, 3.05) is 26.7 Å². The predicted molar refractivity (Wildman–Crippen MR) is 75.5 cm³/mol. The van der Waals surface area contributed by atoms with E-state index in [2.05, 4.69) is 17.1 Å². The molecule has 1 fully saturated rings. The van der Waals surface area contributed by atoms with Gasteiger partial charge in [0.1, 0.15) is 0 Å². The van der Waals surface area contributed by atoms with Crippen LogP contribution in [-0.2, 0) is 11.3 Å². The molecule has 104 valence electrons. The highest BCUT2D eigenvalue weighted by atomic mass is 35.5. The molecule has 0 radical (unpaired) electrons. The second kappa shape index (κ2) is 6.37. The summed E-state index contributed by atoms with van der Waals surface area (Å²) in [4.78, 5) is 13.9. The lowest BCUT2D eigenvalue weighted by Crippen LogP contribution is -2.49. The molecular formula is C14H19ClN2O2. The molecule has 0 spiro atoms. The molecule has 0 bridgehead atoms. The Morgan fingerprint density at radius 2 is 2.37 bits per heavy atom. The number of carbonyl (C=O) groups is 1. The summed E-state index contributed by atoms with van der Waals surface area (Å²) in [6, 6.07) is 5.74. The van der Waals surface area contributed by atoms with Crippen molar-refractivity contribution in [3.05, 3.63) is 34.3 Å². The SMILES string of the molecule is COC(=O)c1ccc(Cl)c(CN2CCNC[C@@H]2C)c1. The average molecular weight is 283 g/mol. The van der Waals surface area contributed by atoms with Gasteiger partial charge in [-0.3, -0.25) is 4.90 Å². The summed E-state index contributed by atoms with van der Waals surface area (Å²) >= 11 is 6.22. The van der Waals surface area contributed by atoms with Crippen LogP contribution in [0.15, 0.2) is 18.2 Å². The molecule has 1 aliphatic heterocycles. The van der Waals surface area contributed by atoms with Crippen molar-refractivity contribution in [2.45, 2.75) is 19.5 Å². The molecule has 2 rings (SSSR count). The van der Waals surface area contributed by atoms with E-state index in [4.69, 9.17) is 16.3 Å². The summed E-state index contributed by atoms with van der Waals surface area (Å²) in [5.41, 5.74) is 1.52. The first-order valence-electron chi connectivity index (χ1n) is 6.43. The van der Waals surface area contributed by atoms with Crippen LogP contribution in [0, 0.1) is 0 Å². The van der Waals surface area contributed by atoms with Gasteiger partial charge >= 0.3 is 5.97 Å². The highest BCUT2D eigenvalue weighted by Crippen LogP contribution is 2.21. The number of rotatable bonds is 3. The van der Waals surface area contributed by atoms with Crippen molar-refractivity contribution >= 4 is 17.6 Å². The van der Waals surface area contributed by atoms with Crippen LogP contribution in [-0.4, -0.2) is 43.7 Å². The molecule has 5 heteroatoms. The Kier molecular flexibility index (Phi) is 4.80. The fourth-order valence-corrected chi connectivity index (χ4v) is 2.45. The second-order valence-electron chi connectivity index (χ2n) is 4.82. The normalized spacial score (nSPS) is 20.3. The minimum atomic E-state index is -0.328. The Morgan fingerprint density at radius 1 is 1.58 bits per heavy atom. The smallest absolute Gasteiger partial charge is 0.337 e. The zero-order valence-electron chi connectivity index (χ0n) is 11.3. The van der Waals surface area contributed by atoms with Crippen LogP contribution >= 0.6 is 11.6 Å². The molecule has 0 amide bonds. The van der Waals surface area contributed by atoms with Gasteiger partial charge in [-0.05, 0) is 30.7 Å². The van der Waals surface area contributed by atoms with Crippen molar-refractivity contribution in [2.24, 2.45) is 0 Å². The van der Waals surface area contributed by atoms with Gasteiger partial charge in [0.05, 0.1) is 12.7 Å². The molecule has 1 atom stereocenters. The molecule has 0 unspecified atom stereocenters. The van der Waals surface area contributed by atoms with Gasteiger partial charge in [0.15, 0.2) is 0 Å². The minimum Gasteiger partial charge on any atom is -0.465 e. The largest absolute Gasteiger partial charge is 0.465 e. The van der Waals surface area contributed by atoms with Gasteiger partial charge in [-0.15, -0.1) is 0 Å². The molecule has 1 heterocycles. The summed E-state index contributed by atoms with van der Waals surface area (Å²) in [5.74, 6) is -0.328. The van der Waals surface area contributed by atoms with E-state index in [1.807, 2.05) is 6.07 Å². The lowest BCUT2D eigenvalue weighted by Gasteiger charge is -2.34. The van der Waals surface area contributed by atoms with Crippen molar-refractivity contribution in [1.82, 2.24) is 10.2 Å². The highest BCUT2D eigenvalue weighted by Gasteiger charge is 2.19. The molecule has 1 saturated heterocycles. The summed E-state index contributed by atoms with van der Waals surface area (Å²) in [7, 11) is 1.38. The van der Waals surface area contributed by atoms with Crippen LogP contribution < -0.4 is 5.32 Å². The molecule has 4 nitrogen and oxygen atoms in total.